The van der Waals surface area contributed by atoms with E-state index in [9.17, 15) is 5.11 Å². The van der Waals surface area contributed by atoms with Crippen molar-refractivity contribution in [1.82, 2.24) is 15.5 Å². The number of nitrogens with one attached hydrogen (secondary N) is 2. The Bertz CT molecular complexity index is 612. The van der Waals surface area contributed by atoms with Gasteiger partial charge in [0.1, 0.15) is 0 Å². The van der Waals surface area contributed by atoms with E-state index < -0.39 is 0 Å². The predicted octanol–water partition coefficient (Wildman–Crippen LogP) is 2.84. The minimum absolute atomic E-state index is 0. The fourth-order valence-electron chi connectivity index (χ4n) is 4.02. The number of nitrogens with zero attached hydrogens (tertiary/aromatic N) is 2. The van der Waals surface area contributed by atoms with Gasteiger partial charge in [0.05, 0.1) is 31.9 Å². The number of rotatable bonds is 6. The molecule has 164 valence electrons. The Morgan fingerprint density at radius 2 is 1.83 bits per heavy atom. The van der Waals surface area contributed by atoms with Crippen LogP contribution in [0.15, 0.2) is 29.3 Å². The van der Waals surface area contributed by atoms with Crippen molar-refractivity contribution >= 4 is 29.9 Å². The van der Waals surface area contributed by atoms with E-state index in [0.29, 0.717) is 12.6 Å². The van der Waals surface area contributed by atoms with E-state index in [0.717, 1.165) is 64.5 Å². The molecule has 3 N–H and O–H groups in total. The van der Waals surface area contributed by atoms with Crippen LogP contribution in [0.1, 0.15) is 49.8 Å². The summed E-state index contributed by atoms with van der Waals surface area (Å²) in [6.45, 7) is 9.24. The molecule has 1 aliphatic heterocycles. The monoisotopic (exact) mass is 516 g/mol. The quantitative estimate of drug-likeness (QED) is 0.308. The summed E-state index contributed by atoms with van der Waals surface area (Å²) in [5.74, 6) is 0.884. The predicted molar refractivity (Wildman–Crippen MR) is 129 cm³/mol. The van der Waals surface area contributed by atoms with Crippen LogP contribution in [0.2, 0.25) is 0 Å². The molecule has 1 aromatic carbocycles. The van der Waals surface area contributed by atoms with Crippen molar-refractivity contribution in [1.29, 1.82) is 0 Å². The Morgan fingerprint density at radius 3 is 2.45 bits per heavy atom. The maximum Gasteiger partial charge on any atom is 0.191 e. The van der Waals surface area contributed by atoms with Gasteiger partial charge in [-0.1, -0.05) is 29.8 Å². The van der Waals surface area contributed by atoms with E-state index in [4.69, 9.17) is 9.73 Å². The van der Waals surface area contributed by atoms with Gasteiger partial charge in [-0.2, -0.15) is 0 Å². The molecule has 1 atom stereocenters. The topological polar surface area (TPSA) is 69.1 Å². The number of ether oxygens (including phenoxy) is 1. The number of hydrogen-bond acceptors (Lipinski definition) is 4. The second-order valence-corrected chi connectivity index (χ2v) is 7.94. The fourth-order valence-corrected chi connectivity index (χ4v) is 4.02. The summed E-state index contributed by atoms with van der Waals surface area (Å²) in [5, 5.41) is 16.7. The average Bonchev–Trinajstić information content (AvgIpc) is 2.72. The number of aliphatic hydroxyl groups is 1. The van der Waals surface area contributed by atoms with Crippen LogP contribution in [0.5, 0.6) is 0 Å². The van der Waals surface area contributed by atoms with Crippen LogP contribution in [0.25, 0.3) is 0 Å². The highest BCUT2D eigenvalue weighted by atomic mass is 127. The molecule has 0 spiro atoms. The molecule has 0 bridgehead atoms. The zero-order valence-electron chi connectivity index (χ0n) is 17.8. The van der Waals surface area contributed by atoms with Crippen molar-refractivity contribution in [3.8, 4) is 0 Å². The SMILES string of the molecule is CCNC(=NCC(c1ccc(C)cc1)N1CCOCC1)NC1CCC(O)CC1.I. The summed E-state index contributed by atoms with van der Waals surface area (Å²) in [7, 11) is 0. The van der Waals surface area contributed by atoms with Crippen molar-refractivity contribution in [2.75, 3.05) is 39.4 Å². The lowest BCUT2D eigenvalue weighted by molar-refractivity contribution is 0.0179. The molecule has 1 unspecified atom stereocenters. The number of benzene rings is 1. The van der Waals surface area contributed by atoms with Crippen LogP contribution in [0, 0.1) is 6.92 Å². The lowest BCUT2D eigenvalue weighted by Crippen LogP contribution is -2.46. The summed E-state index contributed by atoms with van der Waals surface area (Å²) in [6, 6.07) is 9.48. The minimum Gasteiger partial charge on any atom is -0.393 e. The van der Waals surface area contributed by atoms with Gasteiger partial charge in [0.2, 0.25) is 0 Å². The molecule has 1 saturated carbocycles. The average molecular weight is 516 g/mol. The smallest absolute Gasteiger partial charge is 0.191 e. The lowest BCUT2D eigenvalue weighted by atomic mass is 9.93. The number of aliphatic imine (C=N–C) groups is 1. The Hall–Kier alpha value is -0.900. The molecule has 29 heavy (non-hydrogen) atoms. The zero-order valence-corrected chi connectivity index (χ0v) is 20.1. The first-order valence-corrected chi connectivity index (χ1v) is 10.8. The molecular weight excluding hydrogens is 479 g/mol. The Labute approximate surface area is 192 Å². The molecule has 1 saturated heterocycles. The van der Waals surface area contributed by atoms with E-state index in [1.165, 1.54) is 11.1 Å². The van der Waals surface area contributed by atoms with E-state index in [-0.39, 0.29) is 36.1 Å². The summed E-state index contributed by atoms with van der Waals surface area (Å²) >= 11 is 0. The maximum absolute atomic E-state index is 9.74. The second-order valence-electron chi connectivity index (χ2n) is 7.94. The normalized spacial score (nSPS) is 24.4. The van der Waals surface area contributed by atoms with Gasteiger partial charge in [0, 0.05) is 25.7 Å². The van der Waals surface area contributed by atoms with Gasteiger partial charge in [0.15, 0.2) is 5.96 Å². The summed E-state index contributed by atoms with van der Waals surface area (Å²) < 4.78 is 5.56. The number of morpholine rings is 1. The van der Waals surface area contributed by atoms with E-state index >= 15 is 0 Å². The number of guanidine groups is 1. The van der Waals surface area contributed by atoms with Crippen LogP contribution < -0.4 is 10.6 Å². The standard InChI is InChI=1S/C22H36N4O2.HI/c1-3-23-22(25-19-8-10-20(27)11-9-19)24-16-21(26-12-14-28-15-13-26)18-6-4-17(2)5-7-18;/h4-7,19-21,27H,3,8-16H2,1-2H3,(H2,23,24,25);1H. The molecule has 0 aromatic heterocycles. The summed E-state index contributed by atoms with van der Waals surface area (Å²) in [4.78, 5) is 7.43. The van der Waals surface area contributed by atoms with Crippen LogP contribution in [-0.4, -0.2) is 67.5 Å². The molecule has 2 fully saturated rings. The molecule has 2 aliphatic rings. The maximum atomic E-state index is 9.74. The van der Waals surface area contributed by atoms with Crippen molar-refractivity contribution in [2.45, 2.75) is 57.7 Å². The van der Waals surface area contributed by atoms with Crippen LogP contribution in [0.4, 0.5) is 0 Å². The Morgan fingerprint density at radius 1 is 1.17 bits per heavy atom. The molecule has 6 nitrogen and oxygen atoms in total. The van der Waals surface area contributed by atoms with E-state index in [1.807, 2.05) is 0 Å². The molecule has 1 aliphatic carbocycles. The zero-order chi connectivity index (χ0) is 19.8. The van der Waals surface area contributed by atoms with E-state index in [2.05, 4.69) is 53.6 Å². The Kier molecular flexibility index (Phi) is 10.7. The third-order valence-corrected chi connectivity index (χ3v) is 5.75. The van der Waals surface area contributed by atoms with Gasteiger partial charge in [-0.25, -0.2) is 0 Å². The first kappa shape index (κ1) is 24.4. The van der Waals surface area contributed by atoms with Gasteiger partial charge in [0.25, 0.3) is 0 Å². The number of hydrogen-bond donors (Lipinski definition) is 3. The fraction of sp³-hybridized carbons (Fsp3) is 0.682. The van der Waals surface area contributed by atoms with Gasteiger partial charge >= 0.3 is 0 Å². The van der Waals surface area contributed by atoms with Gasteiger partial charge in [-0.05, 0) is 45.1 Å². The van der Waals surface area contributed by atoms with Gasteiger partial charge in [-0.3, -0.25) is 9.89 Å². The van der Waals surface area contributed by atoms with Crippen molar-refractivity contribution in [3.05, 3.63) is 35.4 Å². The molecule has 1 heterocycles. The van der Waals surface area contributed by atoms with Crippen LogP contribution in [0.3, 0.4) is 0 Å². The first-order chi connectivity index (χ1) is 13.7. The van der Waals surface area contributed by atoms with Crippen LogP contribution >= 0.6 is 24.0 Å². The van der Waals surface area contributed by atoms with Gasteiger partial charge < -0.3 is 20.5 Å². The van der Waals surface area contributed by atoms with E-state index in [1.54, 1.807) is 0 Å². The number of aliphatic hydroxyl groups excluding tert-OH is 1. The summed E-state index contributed by atoms with van der Waals surface area (Å²) in [5.41, 5.74) is 2.59. The highest BCUT2D eigenvalue weighted by molar-refractivity contribution is 14.0. The summed E-state index contributed by atoms with van der Waals surface area (Å²) in [6.07, 6.45) is 3.60. The van der Waals surface area contributed by atoms with Crippen LogP contribution in [-0.2, 0) is 4.74 Å². The third kappa shape index (κ3) is 7.70. The highest BCUT2D eigenvalue weighted by Gasteiger charge is 2.23. The minimum atomic E-state index is -0.134. The van der Waals surface area contributed by atoms with Crippen molar-refractivity contribution < 1.29 is 9.84 Å². The molecule has 7 heteroatoms. The second kappa shape index (κ2) is 12.7. The number of aryl methyl sites for hydroxylation is 1. The Balaban J connectivity index is 0.00000300. The molecule has 3 rings (SSSR count). The first-order valence-electron chi connectivity index (χ1n) is 10.8. The molecule has 1 aromatic rings. The molecule has 0 amide bonds. The molecular formula is C22H37IN4O2. The third-order valence-electron chi connectivity index (χ3n) is 5.75. The lowest BCUT2D eigenvalue weighted by Gasteiger charge is -2.34. The number of halogens is 1. The highest BCUT2D eigenvalue weighted by Crippen LogP contribution is 2.23. The largest absolute Gasteiger partial charge is 0.393 e. The molecule has 0 radical (unpaired) electrons. The van der Waals surface area contributed by atoms with Gasteiger partial charge in [-0.15, -0.1) is 24.0 Å². The van der Waals surface area contributed by atoms with Crippen molar-refractivity contribution in [3.63, 3.8) is 0 Å². The van der Waals surface area contributed by atoms with Crippen molar-refractivity contribution in [2.24, 2.45) is 4.99 Å².